The van der Waals surface area contributed by atoms with E-state index in [1.54, 1.807) is 23.1 Å². The lowest BCUT2D eigenvalue weighted by atomic mass is 9.99. The van der Waals surface area contributed by atoms with Gasteiger partial charge >= 0.3 is 0 Å². The van der Waals surface area contributed by atoms with E-state index in [4.69, 9.17) is 5.26 Å². The summed E-state index contributed by atoms with van der Waals surface area (Å²) in [5.74, 6) is 0.0148. The van der Waals surface area contributed by atoms with Crippen LogP contribution in [-0.4, -0.2) is 26.6 Å². The van der Waals surface area contributed by atoms with E-state index in [-0.39, 0.29) is 11.7 Å². The number of aryl methyl sites for hydroxylation is 2. The normalized spacial score (nSPS) is 13.4. The fourth-order valence-corrected chi connectivity index (χ4v) is 4.74. The number of sulfonamides is 1. The molecule has 1 N–H and O–H groups in total. The van der Waals surface area contributed by atoms with Crippen molar-refractivity contribution in [3.63, 3.8) is 0 Å². The first-order valence-electron chi connectivity index (χ1n) is 9.85. The Morgan fingerprint density at radius 3 is 2.66 bits per heavy atom. The third-order valence-corrected chi connectivity index (χ3v) is 6.44. The third-order valence-electron chi connectivity index (χ3n) is 4.97. The van der Waals surface area contributed by atoms with E-state index in [0.717, 1.165) is 24.0 Å². The highest BCUT2D eigenvalue weighted by Gasteiger charge is 2.26. The molecule has 0 fully saturated rings. The molecule has 29 heavy (non-hydrogen) atoms. The predicted octanol–water partition coefficient (Wildman–Crippen LogP) is 3.62. The number of nitriles is 1. The van der Waals surface area contributed by atoms with Gasteiger partial charge in [0, 0.05) is 13.0 Å². The zero-order valence-corrected chi connectivity index (χ0v) is 17.3. The molecule has 0 atom stereocenters. The standard InChI is InChI=1S/C22H25N3O3S/c1-2-15-29(27,28)24-20-7-3-5-19-6-4-14-25(22(19)20)21(26)13-12-17-8-10-18(16-23)11-9-17/h3,5,7-11,24H,2,4,6,12-15H2,1H3. The number of amides is 1. The molecule has 1 amide bonds. The average molecular weight is 412 g/mol. The van der Waals surface area contributed by atoms with Gasteiger partial charge in [-0.3, -0.25) is 9.52 Å². The first kappa shape index (κ1) is 20.9. The van der Waals surface area contributed by atoms with Crippen molar-refractivity contribution in [1.82, 2.24) is 0 Å². The van der Waals surface area contributed by atoms with Crippen molar-refractivity contribution in [3.05, 3.63) is 59.2 Å². The molecule has 152 valence electrons. The molecule has 1 aliphatic rings. The van der Waals surface area contributed by atoms with Crippen LogP contribution < -0.4 is 9.62 Å². The molecule has 6 nitrogen and oxygen atoms in total. The second-order valence-corrected chi connectivity index (χ2v) is 9.03. The van der Waals surface area contributed by atoms with Crippen LogP contribution in [0.5, 0.6) is 0 Å². The van der Waals surface area contributed by atoms with Crippen molar-refractivity contribution in [2.45, 2.75) is 39.0 Å². The summed E-state index contributed by atoms with van der Waals surface area (Å²) in [5, 5.41) is 8.89. The number of nitrogens with one attached hydrogen (secondary N) is 1. The maximum atomic E-state index is 13.0. The fourth-order valence-electron chi connectivity index (χ4n) is 3.60. The maximum Gasteiger partial charge on any atom is 0.232 e. The Kier molecular flexibility index (Phi) is 6.55. The number of hydrogen-bond donors (Lipinski definition) is 1. The molecule has 0 radical (unpaired) electrons. The van der Waals surface area contributed by atoms with Crippen molar-refractivity contribution in [3.8, 4) is 6.07 Å². The summed E-state index contributed by atoms with van der Waals surface area (Å²) in [7, 11) is -3.44. The van der Waals surface area contributed by atoms with Gasteiger partial charge in [0.15, 0.2) is 0 Å². The van der Waals surface area contributed by atoms with Crippen LogP contribution in [0, 0.1) is 11.3 Å². The van der Waals surface area contributed by atoms with E-state index in [1.807, 2.05) is 31.2 Å². The van der Waals surface area contributed by atoms with E-state index in [0.29, 0.717) is 42.7 Å². The van der Waals surface area contributed by atoms with Gasteiger partial charge in [0.1, 0.15) is 0 Å². The number of benzene rings is 2. The van der Waals surface area contributed by atoms with Crippen LogP contribution in [0.1, 0.15) is 42.9 Å². The summed E-state index contributed by atoms with van der Waals surface area (Å²) in [4.78, 5) is 14.7. The van der Waals surface area contributed by atoms with Crippen molar-refractivity contribution in [2.75, 3.05) is 21.9 Å². The summed E-state index contributed by atoms with van der Waals surface area (Å²) in [6.07, 6.45) is 3.08. The van der Waals surface area contributed by atoms with Crippen molar-refractivity contribution in [1.29, 1.82) is 5.26 Å². The van der Waals surface area contributed by atoms with Crippen LogP contribution in [0.3, 0.4) is 0 Å². The number of anilines is 2. The zero-order valence-electron chi connectivity index (χ0n) is 16.5. The largest absolute Gasteiger partial charge is 0.310 e. The summed E-state index contributed by atoms with van der Waals surface area (Å²) in [5.41, 5.74) is 3.73. The average Bonchev–Trinajstić information content (AvgIpc) is 2.71. The van der Waals surface area contributed by atoms with Gasteiger partial charge in [-0.2, -0.15) is 5.26 Å². The van der Waals surface area contributed by atoms with Crippen molar-refractivity contribution in [2.24, 2.45) is 0 Å². The molecule has 0 saturated carbocycles. The van der Waals surface area contributed by atoms with Crippen LogP contribution in [0.15, 0.2) is 42.5 Å². The number of hydrogen-bond acceptors (Lipinski definition) is 4. The summed E-state index contributed by atoms with van der Waals surface area (Å²) >= 11 is 0. The Bertz CT molecular complexity index is 1020. The Morgan fingerprint density at radius 1 is 1.21 bits per heavy atom. The van der Waals surface area contributed by atoms with Gasteiger partial charge in [-0.15, -0.1) is 0 Å². The van der Waals surface area contributed by atoms with E-state index in [1.165, 1.54) is 0 Å². The Balaban J connectivity index is 1.79. The Hall–Kier alpha value is -2.85. The molecule has 2 aromatic carbocycles. The van der Waals surface area contributed by atoms with Crippen LogP contribution in [0.2, 0.25) is 0 Å². The van der Waals surface area contributed by atoms with Gasteiger partial charge in [-0.05, 0) is 55.0 Å². The summed E-state index contributed by atoms with van der Waals surface area (Å²) in [6.45, 7) is 2.39. The lowest BCUT2D eigenvalue weighted by Gasteiger charge is -2.32. The molecule has 0 aromatic heterocycles. The summed E-state index contributed by atoms with van der Waals surface area (Å²) in [6, 6.07) is 14.8. The number of para-hydroxylation sites is 1. The first-order valence-corrected chi connectivity index (χ1v) is 11.5. The van der Waals surface area contributed by atoms with Crippen LogP contribution in [0.4, 0.5) is 11.4 Å². The number of carbonyl (C=O) groups excluding carboxylic acids is 1. The molecule has 3 rings (SSSR count). The van der Waals surface area contributed by atoms with E-state index in [9.17, 15) is 13.2 Å². The highest BCUT2D eigenvalue weighted by atomic mass is 32.2. The monoisotopic (exact) mass is 411 g/mol. The quantitative estimate of drug-likeness (QED) is 0.753. The Labute approximate surface area is 172 Å². The van der Waals surface area contributed by atoms with Gasteiger partial charge in [-0.1, -0.05) is 31.2 Å². The lowest BCUT2D eigenvalue weighted by molar-refractivity contribution is -0.118. The van der Waals surface area contributed by atoms with Crippen LogP contribution >= 0.6 is 0 Å². The van der Waals surface area contributed by atoms with Gasteiger partial charge in [0.2, 0.25) is 15.9 Å². The van der Waals surface area contributed by atoms with Gasteiger partial charge in [0.25, 0.3) is 0 Å². The molecule has 0 aliphatic carbocycles. The van der Waals surface area contributed by atoms with Crippen molar-refractivity contribution >= 4 is 27.3 Å². The molecule has 7 heteroatoms. The minimum Gasteiger partial charge on any atom is -0.310 e. The van der Waals surface area contributed by atoms with Gasteiger partial charge < -0.3 is 4.90 Å². The summed E-state index contributed by atoms with van der Waals surface area (Å²) < 4.78 is 27.2. The highest BCUT2D eigenvalue weighted by molar-refractivity contribution is 7.92. The molecular weight excluding hydrogens is 386 g/mol. The van der Waals surface area contributed by atoms with Crippen LogP contribution in [0.25, 0.3) is 0 Å². The highest BCUT2D eigenvalue weighted by Crippen LogP contribution is 2.35. The molecule has 0 bridgehead atoms. The second-order valence-electron chi connectivity index (χ2n) is 7.19. The van der Waals surface area contributed by atoms with E-state index < -0.39 is 10.0 Å². The smallest absolute Gasteiger partial charge is 0.232 e. The second kappa shape index (κ2) is 9.10. The molecular formula is C22H25N3O3S. The van der Waals surface area contributed by atoms with E-state index in [2.05, 4.69) is 10.8 Å². The van der Waals surface area contributed by atoms with Crippen LogP contribution in [-0.2, 0) is 27.7 Å². The molecule has 0 unspecified atom stereocenters. The Morgan fingerprint density at radius 2 is 1.97 bits per heavy atom. The van der Waals surface area contributed by atoms with E-state index >= 15 is 0 Å². The number of rotatable bonds is 7. The fraction of sp³-hybridized carbons (Fsp3) is 0.364. The molecule has 2 aromatic rings. The maximum absolute atomic E-state index is 13.0. The first-order chi connectivity index (χ1) is 13.9. The van der Waals surface area contributed by atoms with Crippen molar-refractivity contribution < 1.29 is 13.2 Å². The molecule has 1 aliphatic heterocycles. The molecule has 0 spiro atoms. The third kappa shape index (κ3) is 5.15. The van der Waals surface area contributed by atoms with Gasteiger partial charge in [-0.25, -0.2) is 8.42 Å². The molecule has 1 heterocycles. The zero-order chi connectivity index (χ0) is 20.9. The molecule has 0 saturated heterocycles. The lowest BCUT2D eigenvalue weighted by Crippen LogP contribution is -2.36. The number of nitrogens with zero attached hydrogens (tertiary/aromatic N) is 2. The van der Waals surface area contributed by atoms with Gasteiger partial charge in [0.05, 0.1) is 28.8 Å². The predicted molar refractivity (Wildman–Crippen MR) is 114 cm³/mol. The minimum atomic E-state index is -3.44. The minimum absolute atomic E-state index is 0.0301. The number of fused-ring (bicyclic) bond motifs is 1. The topological polar surface area (TPSA) is 90.3 Å². The SMILES string of the molecule is CCCS(=O)(=O)Nc1cccc2c1N(C(=O)CCc1ccc(C#N)cc1)CCC2. The number of carbonyl (C=O) groups is 1.